The smallest absolute Gasteiger partial charge is 0.335 e. The van der Waals surface area contributed by atoms with Crippen molar-refractivity contribution >= 4 is 17.5 Å². The Morgan fingerprint density at radius 2 is 2.19 bits per heavy atom. The van der Waals surface area contributed by atoms with Crippen LogP contribution in [0.15, 0.2) is 30.5 Å². The zero-order valence-electron chi connectivity index (χ0n) is 11.1. The summed E-state index contributed by atoms with van der Waals surface area (Å²) < 4.78 is 0. The Hall–Kier alpha value is -3.03. The molecule has 2 rings (SSSR count). The Kier molecular flexibility index (Phi) is 4.07. The van der Waals surface area contributed by atoms with Gasteiger partial charge in [-0.3, -0.25) is 15.1 Å². The maximum atomic E-state index is 10.9. The quantitative estimate of drug-likeness (QED) is 0.638. The first-order valence-electron chi connectivity index (χ1n) is 6.01. The lowest BCUT2D eigenvalue weighted by atomic mass is 10.2. The number of nitro groups is 1. The maximum absolute atomic E-state index is 10.9. The van der Waals surface area contributed by atoms with Gasteiger partial charge in [0.1, 0.15) is 0 Å². The molecule has 0 bridgehead atoms. The van der Waals surface area contributed by atoms with Crippen LogP contribution in [0.5, 0.6) is 0 Å². The molecule has 0 spiro atoms. The van der Waals surface area contributed by atoms with Gasteiger partial charge in [0, 0.05) is 18.0 Å². The van der Waals surface area contributed by atoms with Crippen molar-refractivity contribution in [1.82, 2.24) is 9.97 Å². The van der Waals surface area contributed by atoms with Crippen LogP contribution in [0.4, 0.5) is 11.5 Å². The molecule has 0 saturated heterocycles. The molecule has 0 saturated carbocycles. The van der Waals surface area contributed by atoms with Gasteiger partial charge in [0.2, 0.25) is 5.82 Å². The molecule has 0 unspecified atom stereocenters. The summed E-state index contributed by atoms with van der Waals surface area (Å²) in [7, 11) is 0. The van der Waals surface area contributed by atoms with E-state index in [0.29, 0.717) is 11.4 Å². The number of pyridine rings is 2. The lowest BCUT2D eigenvalue weighted by Crippen LogP contribution is -2.07. The molecule has 2 aromatic rings. The zero-order valence-corrected chi connectivity index (χ0v) is 11.1. The summed E-state index contributed by atoms with van der Waals surface area (Å²) >= 11 is 0. The van der Waals surface area contributed by atoms with Crippen LogP contribution in [-0.4, -0.2) is 26.0 Å². The molecule has 0 aromatic carbocycles. The second-order valence-corrected chi connectivity index (χ2v) is 4.27. The van der Waals surface area contributed by atoms with Crippen molar-refractivity contribution in [3.63, 3.8) is 0 Å². The molecule has 0 aliphatic rings. The molecule has 0 aliphatic heterocycles. The fraction of sp³-hybridized carbons (Fsp3) is 0.154. The second kappa shape index (κ2) is 5.95. The van der Waals surface area contributed by atoms with Gasteiger partial charge >= 0.3 is 11.7 Å². The number of hydrogen-bond donors (Lipinski definition) is 2. The van der Waals surface area contributed by atoms with Crippen LogP contribution >= 0.6 is 0 Å². The molecule has 0 fully saturated rings. The first-order valence-corrected chi connectivity index (χ1v) is 6.01. The van der Waals surface area contributed by atoms with Crippen molar-refractivity contribution in [2.75, 3.05) is 5.32 Å². The molecule has 108 valence electrons. The number of aromatic carboxylic acids is 1. The summed E-state index contributed by atoms with van der Waals surface area (Å²) in [4.78, 5) is 29.3. The summed E-state index contributed by atoms with van der Waals surface area (Å²) in [5.74, 6) is -0.930. The van der Waals surface area contributed by atoms with E-state index < -0.39 is 10.9 Å². The van der Waals surface area contributed by atoms with Crippen molar-refractivity contribution in [2.45, 2.75) is 13.5 Å². The van der Waals surface area contributed by atoms with Gasteiger partial charge in [0.05, 0.1) is 22.7 Å². The van der Waals surface area contributed by atoms with E-state index in [-0.39, 0.29) is 23.6 Å². The largest absolute Gasteiger partial charge is 0.478 e. The summed E-state index contributed by atoms with van der Waals surface area (Å²) in [6.45, 7) is 1.86. The Labute approximate surface area is 119 Å². The number of anilines is 1. The van der Waals surface area contributed by atoms with Crippen molar-refractivity contribution < 1.29 is 14.8 Å². The number of carbonyl (C=O) groups is 1. The Morgan fingerprint density at radius 3 is 2.86 bits per heavy atom. The van der Waals surface area contributed by atoms with Gasteiger partial charge in [0.25, 0.3) is 0 Å². The van der Waals surface area contributed by atoms with Gasteiger partial charge in [-0.1, -0.05) is 0 Å². The average molecular weight is 288 g/mol. The molecular weight excluding hydrogens is 276 g/mol. The van der Waals surface area contributed by atoms with Gasteiger partial charge in [-0.15, -0.1) is 0 Å². The van der Waals surface area contributed by atoms with Crippen LogP contribution < -0.4 is 5.32 Å². The lowest BCUT2D eigenvalue weighted by molar-refractivity contribution is -0.384. The molecule has 0 atom stereocenters. The summed E-state index contributed by atoms with van der Waals surface area (Å²) in [6.07, 6.45) is 1.37. The average Bonchev–Trinajstić information content (AvgIpc) is 2.45. The number of hydrogen-bond acceptors (Lipinski definition) is 6. The van der Waals surface area contributed by atoms with E-state index in [4.69, 9.17) is 5.11 Å². The number of carboxylic acid groups (broad SMARTS) is 1. The molecule has 2 N–H and O–H groups in total. The first kappa shape index (κ1) is 14.4. The highest BCUT2D eigenvalue weighted by Crippen LogP contribution is 2.22. The lowest BCUT2D eigenvalue weighted by Gasteiger charge is -2.07. The minimum absolute atomic E-state index is 0.105. The highest BCUT2D eigenvalue weighted by Gasteiger charge is 2.15. The van der Waals surface area contributed by atoms with E-state index >= 15 is 0 Å². The number of aryl methyl sites for hydroxylation is 1. The molecular formula is C13H12N4O4. The number of carboxylic acids is 1. The normalized spacial score (nSPS) is 10.1. The Balaban J connectivity index is 2.20. The van der Waals surface area contributed by atoms with Crippen LogP contribution in [0.25, 0.3) is 0 Å². The zero-order chi connectivity index (χ0) is 15.4. The highest BCUT2D eigenvalue weighted by molar-refractivity contribution is 5.87. The number of nitrogens with one attached hydrogen (secondary N) is 1. The maximum Gasteiger partial charge on any atom is 0.335 e. The molecule has 0 radical (unpaired) electrons. The van der Waals surface area contributed by atoms with Crippen molar-refractivity contribution in [3.8, 4) is 0 Å². The standard InChI is InChI=1S/C13H12N4O4/c1-8-2-3-11(17(20)21)12(16-8)15-7-10-6-9(13(18)19)4-5-14-10/h2-6H,7H2,1H3,(H,15,16)(H,18,19). The van der Waals surface area contributed by atoms with E-state index in [2.05, 4.69) is 15.3 Å². The van der Waals surface area contributed by atoms with Crippen molar-refractivity contribution in [2.24, 2.45) is 0 Å². The van der Waals surface area contributed by atoms with E-state index in [1.54, 1.807) is 13.0 Å². The van der Waals surface area contributed by atoms with E-state index in [0.717, 1.165) is 0 Å². The minimum atomic E-state index is -1.06. The van der Waals surface area contributed by atoms with Crippen LogP contribution in [0.3, 0.4) is 0 Å². The third-order valence-corrected chi connectivity index (χ3v) is 2.71. The monoisotopic (exact) mass is 288 g/mol. The molecule has 0 amide bonds. The van der Waals surface area contributed by atoms with Crippen LogP contribution in [-0.2, 0) is 6.54 Å². The van der Waals surface area contributed by atoms with Crippen LogP contribution in [0.1, 0.15) is 21.7 Å². The van der Waals surface area contributed by atoms with Crippen molar-refractivity contribution in [1.29, 1.82) is 0 Å². The van der Waals surface area contributed by atoms with Crippen molar-refractivity contribution in [3.05, 3.63) is 57.5 Å². The van der Waals surface area contributed by atoms with E-state index in [1.807, 2.05) is 0 Å². The van der Waals surface area contributed by atoms with Gasteiger partial charge < -0.3 is 10.4 Å². The van der Waals surface area contributed by atoms with Crippen LogP contribution in [0, 0.1) is 17.0 Å². The highest BCUT2D eigenvalue weighted by atomic mass is 16.6. The predicted molar refractivity (Wildman–Crippen MR) is 74.2 cm³/mol. The predicted octanol–water partition coefficient (Wildman–Crippen LogP) is 2.00. The third-order valence-electron chi connectivity index (χ3n) is 2.71. The fourth-order valence-corrected chi connectivity index (χ4v) is 1.71. The SMILES string of the molecule is Cc1ccc([N+](=O)[O-])c(NCc2cc(C(=O)O)ccn2)n1. The third kappa shape index (κ3) is 3.50. The number of nitrogens with zero attached hydrogens (tertiary/aromatic N) is 3. The molecule has 8 heteroatoms. The summed E-state index contributed by atoms with van der Waals surface area (Å²) in [5, 5.41) is 22.6. The first-order chi connectivity index (χ1) is 9.97. The number of rotatable bonds is 5. The van der Waals surface area contributed by atoms with Gasteiger partial charge in [0.15, 0.2) is 0 Å². The molecule has 21 heavy (non-hydrogen) atoms. The van der Waals surface area contributed by atoms with Gasteiger partial charge in [-0.25, -0.2) is 9.78 Å². The van der Waals surface area contributed by atoms with E-state index in [9.17, 15) is 14.9 Å². The number of aromatic nitrogens is 2. The molecule has 2 heterocycles. The van der Waals surface area contributed by atoms with E-state index in [1.165, 1.54) is 24.4 Å². The molecule has 0 aliphatic carbocycles. The van der Waals surface area contributed by atoms with Gasteiger partial charge in [-0.05, 0) is 25.1 Å². The topological polar surface area (TPSA) is 118 Å². The fourth-order valence-electron chi connectivity index (χ4n) is 1.71. The van der Waals surface area contributed by atoms with Crippen LogP contribution in [0.2, 0.25) is 0 Å². The molecule has 2 aromatic heterocycles. The summed E-state index contributed by atoms with van der Waals surface area (Å²) in [6, 6.07) is 5.69. The minimum Gasteiger partial charge on any atom is -0.478 e. The second-order valence-electron chi connectivity index (χ2n) is 4.27. The summed E-state index contributed by atoms with van der Waals surface area (Å²) in [5.41, 5.74) is 1.05. The van der Waals surface area contributed by atoms with Gasteiger partial charge in [-0.2, -0.15) is 0 Å². The Morgan fingerprint density at radius 1 is 1.43 bits per heavy atom. The molecule has 8 nitrogen and oxygen atoms in total. The Bertz CT molecular complexity index is 702.